The monoisotopic (exact) mass is 231 g/mol. The summed E-state index contributed by atoms with van der Waals surface area (Å²) in [6.45, 7) is 0. The molecule has 0 aliphatic rings. The van der Waals surface area contributed by atoms with Crippen LogP contribution in [0.3, 0.4) is 0 Å². The molecule has 1 aromatic carbocycles. The molecule has 0 fully saturated rings. The maximum atomic E-state index is 5.76. The summed E-state index contributed by atoms with van der Waals surface area (Å²) in [5.74, 6) is 0. The van der Waals surface area contributed by atoms with Crippen LogP contribution < -0.4 is 5.73 Å². The van der Waals surface area contributed by atoms with E-state index < -0.39 is 0 Å². The van der Waals surface area contributed by atoms with Gasteiger partial charge < -0.3 is 5.73 Å². The van der Waals surface area contributed by atoms with E-state index in [0.29, 0.717) is 0 Å². The highest BCUT2D eigenvalue weighted by Crippen LogP contribution is 2.22. The third-order valence-corrected chi connectivity index (χ3v) is 2.83. The Hall–Kier alpha value is -0.150. The summed E-state index contributed by atoms with van der Waals surface area (Å²) < 4.78 is 0. The van der Waals surface area contributed by atoms with Crippen molar-refractivity contribution in [1.82, 2.24) is 0 Å². The zero-order valence-corrected chi connectivity index (χ0v) is 8.71. The molecule has 0 spiro atoms. The first-order chi connectivity index (χ1) is 5.27. The van der Waals surface area contributed by atoms with Crippen molar-refractivity contribution in [1.29, 1.82) is 0 Å². The van der Waals surface area contributed by atoms with Crippen molar-refractivity contribution in [3.05, 3.63) is 23.8 Å². The van der Waals surface area contributed by atoms with Crippen LogP contribution in [0.2, 0.25) is 0 Å². The molecule has 1 rings (SSSR count). The Kier molecular flexibility index (Phi) is 3.27. The van der Waals surface area contributed by atoms with E-state index in [2.05, 4.69) is 28.1 Å². The van der Waals surface area contributed by atoms with Crippen LogP contribution in [0, 0.1) is 0 Å². The van der Waals surface area contributed by atoms with Gasteiger partial charge in [-0.15, -0.1) is 11.8 Å². The summed E-state index contributed by atoms with van der Waals surface area (Å²) in [6, 6.07) is 6.13. The first kappa shape index (κ1) is 8.94. The second-order valence-corrected chi connectivity index (χ2v) is 3.64. The van der Waals surface area contributed by atoms with Gasteiger partial charge >= 0.3 is 0 Å². The fraction of sp³-hybridized carbons (Fsp3) is 0.250. The Morgan fingerprint density at radius 3 is 2.73 bits per heavy atom. The lowest BCUT2D eigenvalue weighted by molar-refractivity contribution is 1.37. The summed E-state index contributed by atoms with van der Waals surface area (Å²) in [7, 11) is 0. The largest absolute Gasteiger partial charge is 0.398 e. The smallest absolute Gasteiger partial charge is 0.0366 e. The number of benzene rings is 1. The van der Waals surface area contributed by atoms with Crippen molar-refractivity contribution in [2.45, 2.75) is 10.2 Å². The molecule has 1 nitrogen and oxygen atoms in total. The van der Waals surface area contributed by atoms with Crippen LogP contribution in [0.25, 0.3) is 0 Å². The number of alkyl halides is 1. The van der Waals surface area contributed by atoms with Gasteiger partial charge in [-0.1, -0.05) is 22.0 Å². The van der Waals surface area contributed by atoms with Crippen molar-refractivity contribution in [3.63, 3.8) is 0 Å². The highest BCUT2D eigenvalue weighted by Gasteiger charge is 1.97. The van der Waals surface area contributed by atoms with Crippen LogP contribution in [0.1, 0.15) is 5.56 Å². The number of hydrogen-bond donors (Lipinski definition) is 1. The van der Waals surface area contributed by atoms with Crippen LogP contribution in [0.4, 0.5) is 5.69 Å². The van der Waals surface area contributed by atoms with E-state index in [1.807, 2.05) is 12.3 Å². The second kappa shape index (κ2) is 4.02. The highest BCUT2D eigenvalue weighted by atomic mass is 79.9. The SMILES string of the molecule is CSc1ccc(CBr)c(N)c1. The molecule has 3 heteroatoms. The van der Waals surface area contributed by atoms with Gasteiger partial charge in [0.05, 0.1) is 0 Å². The van der Waals surface area contributed by atoms with Crippen molar-refractivity contribution in [2.75, 3.05) is 12.0 Å². The molecule has 60 valence electrons. The van der Waals surface area contributed by atoms with Gasteiger partial charge in [-0.05, 0) is 24.0 Å². The van der Waals surface area contributed by atoms with E-state index in [4.69, 9.17) is 5.73 Å². The summed E-state index contributed by atoms with van der Waals surface area (Å²) in [4.78, 5) is 1.22. The van der Waals surface area contributed by atoms with Crippen LogP contribution in [-0.4, -0.2) is 6.26 Å². The quantitative estimate of drug-likeness (QED) is 0.482. The molecule has 1 aromatic rings. The van der Waals surface area contributed by atoms with Crippen LogP contribution >= 0.6 is 27.7 Å². The van der Waals surface area contributed by atoms with E-state index in [9.17, 15) is 0 Å². The van der Waals surface area contributed by atoms with Crippen molar-refractivity contribution in [2.24, 2.45) is 0 Å². The number of anilines is 1. The van der Waals surface area contributed by atoms with Gasteiger partial charge in [0.2, 0.25) is 0 Å². The predicted octanol–water partition coefficient (Wildman–Crippen LogP) is 2.89. The third-order valence-electron chi connectivity index (χ3n) is 1.50. The van der Waals surface area contributed by atoms with Crippen molar-refractivity contribution >= 4 is 33.4 Å². The number of thioether (sulfide) groups is 1. The summed E-state index contributed by atoms with van der Waals surface area (Å²) in [5, 5.41) is 0.827. The molecule has 0 aliphatic carbocycles. The van der Waals surface area contributed by atoms with Gasteiger partial charge in [-0.25, -0.2) is 0 Å². The molecular weight excluding hydrogens is 222 g/mol. The summed E-state index contributed by atoms with van der Waals surface area (Å²) in [5.41, 5.74) is 7.79. The van der Waals surface area contributed by atoms with E-state index in [1.165, 1.54) is 4.90 Å². The maximum Gasteiger partial charge on any atom is 0.0366 e. The minimum atomic E-state index is 0.827. The molecule has 0 radical (unpaired) electrons. The molecule has 0 aromatic heterocycles. The van der Waals surface area contributed by atoms with Crippen LogP contribution in [0.5, 0.6) is 0 Å². The zero-order valence-electron chi connectivity index (χ0n) is 6.30. The number of nitrogen functional groups attached to an aromatic ring is 1. The molecule has 0 amide bonds. The molecular formula is C8H10BrNS. The van der Waals surface area contributed by atoms with Crippen molar-refractivity contribution in [3.8, 4) is 0 Å². The Bertz CT molecular complexity index is 250. The van der Waals surface area contributed by atoms with Crippen molar-refractivity contribution < 1.29 is 0 Å². The molecule has 0 saturated carbocycles. The molecule has 11 heavy (non-hydrogen) atoms. The molecule has 0 saturated heterocycles. The average molecular weight is 232 g/mol. The van der Waals surface area contributed by atoms with Gasteiger partial charge in [0.25, 0.3) is 0 Å². The molecule has 0 atom stereocenters. The first-order valence-corrected chi connectivity index (χ1v) is 5.61. The fourth-order valence-corrected chi connectivity index (χ4v) is 1.78. The van der Waals surface area contributed by atoms with Gasteiger partial charge in [0.1, 0.15) is 0 Å². The highest BCUT2D eigenvalue weighted by molar-refractivity contribution is 9.08. The molecule has 0 heterocycles. The van der Waals surface area contributed by atoms with E-state index in [1.54, 1.807) is 11.8 Å². The second-order valence-electron chi connectivity index (χ2n) is 2.20. The Balaban J connectivity index is 2.99. The lowest BCUT2D eigenvalue weighted by atomic mass is 10.2. The first-order valence-electron chi connectivity index (χ1n) is 3.26. The molecule has 0 aliphatic heterocycles. The molecule has 0 bridgehead atoms. The summed E-state index contributed by atoms with van der Waals surface area (Å²) >= 11 is 5.07. The lowest BCUT2D eigenvalue weighted by Gasteiger charge is -2.02. The van der Waals surface area contributed by atoms with E-state index in [0.717, 1.165) is 16.6 Å². The average Bonchev–Trinajstić information content (AvgIpc) is 2.04. The number of hydrogen-bond acceptors (Lipinski definition) is 2. The van der Waals surface area contributed by atoms with Crippen LogP contribution in [-0.2, 0) is 5.33 Å². The topological polar surface area (TPSA) is 26.0 Å². The Morgan fingerprint density at radius 1 is 1.55 bits per heavy atom. The third kappa shape index (κ3) is 2.14. The minimum Gasteiger partial charge on any atom is -0.398 e. The van der Waals surface area contributed by atoms with Gasteiger partial charge in [-0.3, -0.25) is 0 Å². The Morgan fingerprint density at radius 2 is 2.27 bits per heavy atom. The van der Waals surface area contributed by atoms with Crippen LogP contribution in [0.15, 0.2) is 23.1 Å². The zero-order chi connectivity index (χ0) is 8.27. The standard InChI is InChI=1S/C8H10BrNS/c1-11-7-3-2-6(5-9)8(10)4-7/h2-4H,5,10H2,1H3. The summed E-state index contributed by atoms with van der Waals surface area (Å²) in [6.07, 6.45) is 2.04. The molecule has 2 N–H and O–H groups in total. The maximum absolute atomic E-state index is 5.76. The van der Waals surface area contributed by atoms with E-state index in [-0.39, 0.29) is 0 Å². The van der Waals surface area contributed by atoms with E-state index >= 15 is 0 Å². The van der Waals surface area contributed by atoms with Gasteiger partial charge in [-0.2, -0.15) is 0 Å². The fourth-order valence-electron chi connectivity index (χ4n) is 0.822. The minimum absolute atomic E-state index is 0.827. The molecule has 0 unspecified atom stereocenters. The Labute approximate surface area is 79.5 Å². The van der Waals surface area contributed by atoms with Gasteiger partial charge in [0.15, 0.2) is 0 Å². The normalized spacial score (nSPS) is 10.0. The lowest BCUT2D eigenvalue weighted by Crippen LogP contribution is -1.91. The predicted molar refractivity (Wildman–Crippen MR) is 55.3 cm³/mol. The number of nitrogens with two attached hydrogens (primary N) is 1. The number of rotatable bonds is 2. The van der Waals surface area contributed by atoms with Gasteiger partial charge in [0, 0.05) is 15.9 Å². The number of halogens is 1.